The van der Waals surface area contributed by atoms with E-state index in [9.17, 15) is 9.59 Å². The van der Waals surface area contributed by atoms with Gasteiger partial charge in [-0.1, -0.05) is 41.5 Å². The first-order valence-corrected chi connectivity index (χ1v) is 19.4. The van der Waals surface area contributed by atoms with Gasteiger partial charge in [-0.2, -0.15) is 0 Å². The van der Waals surface area contributed by atoms with Crippen molar-refractivity contribution in [3.63, 3.8) is 0 Å². The highest BCUT2D eigenvalue weighted by atomic mass is 32.1. The minimum Gasteiger partial charge on any atom is -0.468 e. The number of hydrogen-bond donors (Lipinski definition) is 1. The Morgan fingerprint density at radius 3 is 2.08 bits per heavy atom. The topological polar surface area (TPSA) is 77.1 Å². The fourth-order valence-corrected chi connectivity index (χ4v) is 7.16. The first-order valence-electron chi connectivity index (χ1n) is 13.2. The van der Waals surface area contributed by atoms with Gasteiger partial charge in [-0.25, -0.2) is 0 Å². The number of rotatable bonds is 9. The normalized spacial score (nSPS) is 24.6. The highest BCUT2D eigenvalue weighted by Gasteiger charge is 2.54. The third-order valence-corrected chi connectivity index (χ3v) is 18.2. The summed E-state index contributed by atoms with van der Waals surface area (Å²) < 4.78 is 18.6. The highest BCUT2D eigenvalue weighted by Crippen LogP contribution is 2.41. The number of carbonyl (C=O) groups is 2. The van der Waals surface area contributed by atoms with Crippen molar-refractivity contribution in [2.45, 2.75) is 123 Å². The number of nitrogens with one attached hydrogen (secondary N) is 1. The Hall–Kier alpha value is -0.816. The average Bonchev–Trinajstić information content (AvgIpc) is 2.93. The summed E-state index contributed by atoms with van der Waals surface area (Å²) in [4.78, 5) is 28.5. The van der Waals surface area contributed by atoms with Crippen LogP contribution >= 0.6 is 12.2 Å². The zero-order valence-electron chi connectivity index (χ0n) is 24.8. The maximum atomic E-state index is 14.0. The highest BCUT2D eigenvalue weighted by molar-refractivity contribution is 7.80. The van der Waals surface area contributed by atoms with Gasteiger partial charge >= 0.3 is 0 Å². The molecule has 0 radical (unpaired) electrons. The number of amides is 2. The summed E-state index contributed by atoms with van der Waals surface area (Å²) >= 11 is 5.42. The first kappa shape index (κ1) is 31.4. The van der Waals surface area contributed by atoms with Crippen molar-refractivity contribution < 1.29 is 23.2 Å². The Morgan fingerprint density at radius 2 is 1.67 bits per heavy atom. The van der Waals surface area contributed by atoms with E-state index in [0.29, 0.717) is 19.6 Å². The van der Waals surface area contributed by atoms with E-state index in [1.807, 2.05) is 20.8 Å². The van der Waals surface area contributed by atoms with Crippen molar-refractivity contribution in [1.29, 1.82) is 0 Å². The molecule has 0 saturated carbocycles. The van der Waals surface area contributed by atoms with E-state index in [4.69, 9.17) is 25.8 Å². The summed E-state index contributed by atoms with van der Waals surface area (Å²) in [6, 6.07) is -0.341. The van der Waals surface area contributed by atoms with E-state index in [-0.39, 0.29) is 39.2 Å². The minimum atomic E-state index is -2.10. The second-order valence-corrected chi connectivity index (χ2v) is 24.1. The molecule has 0 unspecified atom stereocenters. The molecule has 2 aliphatic rings. The van der Waals surface area contributed by atoms with Crippen LogP contribution in [0.25, 0.3) is 0 Å². The lowest BCUT2D eigenvalue weighted by atomic mass is 9.76. The molecule has 0 bridgehead atoms. The lowest BCUT2D eigenvalue weighted by Gasteiger charge is -2.48. The van der Waals surface area contributed by atoms with Crippen LogP contribution < -0.4 is 5.32 Å². The van der Waals surface area contributed by atoms with Gasteiger partial charge in [-0.3, -0.25) is 14.5 Å². The Labute approximate surface area is 226 Å². The zero-order chi connectivity index (χ0) is 28.1. The van der Waals surface area contributed by atoms with E-state index >= 15 is 0 Å². The predicted octanol–water partition coefficient (Wildman–Crippen LogP) is 5.46. The van der Waals surface area contributed by atoms with Gasteiger partial charge < -0.3 is 18.9 Å². The van der Waals surface area contributed by atoms with Crippen molar-refractivity contribution in [1.82, 2.24) is 10.2 Å². The molecule has 10 heteroatoms. The summed E-state index contributed by atoms with van der Waals surface area (Å²) in [5.41, 5.74) is -0.542. The molecule has 0 aromatic rings. The van der Waals surface area contributed by atoms with Crippen molar-refractivity contribution in [3.8, 4) is 0 Å². The maximum Gasteiger partial charge on any atom is 0.266 e. The van der Waals surface area contributed by atoms with Crippen LogP contribution in [0.4, 0.5) is 0 Å². The third kappa shape index (κ3) is 6.42. The van der Waals surface area contributed by atoms with Gasteiger partial charge in [0, 0.05) is 6.61 Å². The number of nitrogens with zero attached hydrogens (tertiary/aromatic N) is 1. The molecule has 0 aliphatic carbocycles. The van der Waals surface area contributed by atoms with Crippen LogP contribution in [0.1, 0.15) is 68.7 Å². The van der Waals surface area contributed by atoms with Crippen LogP contribution in [-0.2, 0) is 23.2 Å². The van der Waals surface area contributed by atoms with E-state index in [2.05, 4.69) is 73.0 Å². The van der Waals surface area contributed by atoms with Crippen molar-refractivity contribution in [3.05, 3.63) is 0 Å². The summed E-state index contributed by atoms with van der Waals surface area (Å²) in [7, 11) is -4.09. The largest absolute Gasteiger partial charge is 0.468 e. The third-order valence-electron chi connectivity index (χ3n) is 8.80. The Balaban J connectivity index is 2.32. The summed E-state index contributed by atoms with van der Waals surface area (Å²) in [6.07, 6.45) is 0.200. The summed E-state index contributed by atoms with van der Waals surface area (Å²) in [5, 5.41) is 3.33. The van der Waals surface area contributed by atoms with Crippen molar-refractivity contribution in [2.24, 2.45) is 11.8 Å². The smallest absolute Gasteiger partial charge is 0.266 e. The van der Waals surface area contributed by atoms with E-state index < -0.39 is 34.0 Å². The molecule has 0 aromatic carbocycles. The molecule has 4 atom stereocenters. The molecule has 208 valence electrons. The SMILES string of the molecule is C[C@@H](O[Si](C)(C)C(C)(C)C)[C@H]1C(=O)N[C@@H]1[C@@H](CCO[Si](C)(C)C(C)(C)C)C(=O)N1C(=S)OCC1(C)C. The van der Waals surface area contributed by atoms with Gasteiger partial charge in [0.15, 0.2) is 16.6 Å². The zero-order valence-corrected chi connectivity index (χ0v) is 27.6. The Bertz CT molecular complexity index is 863. The van der Waals surface area contributed by atoms with Gasteiger partial charge in [0.1, 0.15) is 6.61 Å². The fraction of sp³-hybridized carbons (Fsp3) is 0.885. The summed E-state index contributed by atoms with van der Waals surface area (Å²) in [6.45, 7) is 28.6. The van der Waals surface area contributed by atoms with Gasteiger partial charge in [0.25, 0.3) is 5.17 Å². The van der Waals surface area contributed by atoms with Crippen LogP contribution in [-0.4, -0.2) is 69.4 Å². The molecule has 36 heavy (non-hydrogen) atoms. The lowest BCUT2D eigenvalue weighted by Crippen LogP contribution is -2.68. The maximum absolute atomic E-state index is 14.0. The quantitative estimate of drug-likeness (QED) is 0.230. The number of β-lactam (4-membered cyclic amide) rings is 1. The van der Waals surface area contributed by atoms with Crippen LogP contribution in [0.2, 0.25) is 36.3 Å². The molecular weight excluding hydrogens is 509 g/mol. The minimum absolute atomic E-state index is 0.0201. The number of thiocarbonyl (C=S) groups is 1. The summed E-state index contributed by atoms with van der Waals surface area (Å²) in [5.74, 6) is -1.06. The van der Waals surface area contributed by atoms with E-state index in [1.165, 1.54) is 0 Å². The van der Waals surface area contributed by atoms with Crippen LogP contribution in [0, 0.1) is 11.8 Å². The average molecular weight is 559 g/mol. The van der Waals surface area contributed by atoms with Crippen molar-refractivity contribution >= 4 is 45.8 Å². The van der Waals surface area contributed by atoms with Gasteiger partial charge in [-0.05, 0) is 75.7 Å². The molecule has 0 spiro atoms. The molecule has 2 rings (SSSR count). The molecule has 2 heterocycles. The Kier molecular flexibility index (Phi) is 9.06. The molecular formula is C26H50N2O5SSi2. The molecule has 7 nitrogen and oxygen atoms in total. The fourth-order valence-electron chi connectivity index (χ4n) is 4.27. The molecule has 1 N–H and O–H groups in total. The van der Waals surface area contributed by atoms with Crippen molar-refractivity contribution in [2.75, 3.05) is 13.2 Å². The van der Waals surface area contributed by atoms with E-state index in [1.54, 1.807) is 4.90 Å². The van der Waals surface area contributed by atoms with Crippen LogP contribution in [0.3, 0.4) is 0 Å². The van der Waals surface area contributed by atoms with Crippen LogP contribution in [0.5, 0.6) is 0 Å². The molecule has 2 aliphatic heterocycles. The standard InChI is InChI=1S/C26H50N2O5SSi2/c1-17(33-36(12,13)25(5,6)7)19-20(27-21(19)29)18(14-15-32-35(10,11)24(2,3)4)22(30)28-23(34)31-16-26(28,8)9/h17-20H,14-16H2,1-13H3,(H,27,29)/t17-,18-,19-,20-/m1/s1. The first-order chi connectivity index (χ1) is 16.0. The van der Waals surface area contributed by atoms with Crippen LogP contribution in [0.15, 0.2) is 0 Å². The second-order valence-electron chi connectivity index (χ2n) is 14.2. The molecule has 0 aromatic heterocycles. The van der Waals surface area contributed by atoms with Gasteiger partial charge in [-0.15, -0.1) is 0 Å². The number of ether oxygens (including phenoxy) is 1. The number of hydrogen-bond acceptors (Lipinski definition) is 6. The molecule has 2 amide bonds. The van der Waals surface area contributed by atoms with E-state index in [0.717, 1.165) is 0 Å². The number of carbonyl (C=O) groups excluding carboxylic acids is 2. The monoisotopic (exact) mass is 558 g/mol. The molecule has 2 saturated heterocycles. The molecule has 2 fully saturated rings. The second kappa shape index (κ2) is 10.4. The van der Waals surface area contributed by atoms with Gasteiger partial charge in [0.05, 0.1) is 29.5 Å². The van der Waals surface area contributed by atoms with Gasteiger partial charge in [0.2, 0.25) is 11.8 Å². The lowest BCUT2D eigenvalue weighted by molar-refractivity contribution is -0.148. The predicted molar refractivity (Wildman–Crippen MR) is 154 cm³/mol. The Morgan fingerprint density at radius 1 is 1.14 bits per heavy atom.